The Labute approximate surface area is 214 Å². The van der Waals surface area contributed by atoms with Crippen LogP contribution < -0.4 is 10.6 Å². The number of rotatable bonds is 10. The Hall–Kier alpha value is -3.66. The molecule has 1 aliphatic rings. The minimum Gasteiger partial charge on any atom is -0.462 e. The SMILES string of the molecule is CC(C)CNC(=NC#N)Nc1cccc(C(=CCCCC(=O)OC2CCCCC2)c2cccnc2)c1. The molecular weight excluding hydrogens is 450 g/mol. The number of hydrogen-bond acceptors (Lipinski definition) is 5. The first kappa shape index (κ1) is 26.9. The van der Waals surface area contributed by atoms with Crippen LogP contribution in [0.15, 0.2) is 59.9 Å². The second-order valence-electron chi connectivity index (χ2n) is 9.54. The van der Waals surface area contributed by atoms with Gasteiger partial charge in [-0.05, 0) is 73.8 Å². The summed E-state index contributed by atoms with van der Waals surface area (Å²) in [5.41, 5.74) is 3.88. The fourth-order valence-corrected chi connectivity index (χ4v) is 4.21. The number of carbonyl (C=O) groups excluding carboxylic acids is 1. The first-order valence-electron chi connectivity index (χ1n) is 12.9. The van der Waals surface area contributed by atoms with E-state index in [1.165, 1.54) is 6.42 Å². The van der Waals surface area contributed by atoms with E-state index in [1.807, 2.05) is 48.8 Å². The number of nitrogens with zero attached hydrogens (tertiary/aromatic N) is 3. The van der Waals surface area contributed by atoms with Gasteiger partial charge in [-0.2, -0.15) is 5.26 Å². The number of nitrogens with one attached hydrogen (secondary N) is 2. The fourth-order valence-electron chi connectivity index (χ4n) is 4.21. The lowest BCUT2D eigenvalue weighted by Gasteiger charge is -2.21. The molecule has 0 amide bonds. The molecule has 1 fully saturated rings. The van der Waals surface area contributed by atoms with Gasteiger partial charge in [-0.3, -0.25) is 9.78 Å². The van der Waals surface area contributed by atoms with E-state index in [0.717, 1.165) is 60.9 Å². The lowest BCUT2D eigenvalue weighted by molar-refractivity contribution is -0.150. The van der Waals surface area contributed by atoms with Crippen molar-refractivity contribution in [2.75, 3.05) is 11.9 Å². The third-order valence-corrected chi connectivity index (χ3v) is 6.03. The number of ether oxygens (including phenoxy) is 1. The molecule has 7 heteroatoms. The predicted octanol–water partition coefficient (Wildman–Crippen LogP) is 6.05. The van der Waals surface area contributed by atoms with Crippen LogP contribution in [0.1, 0.15) is 76.3 Å². The monoisotopic (exact) mass is 487 g/mol. The standard InChI is InChI=1S/C29H37N5O2/c1-22(2)19-32-29(33-21-30)34-25-12-8-10-23(18-25)27(24-11-9-17-31-20-24)15-6-7-16-28(35)36-26-13-4-3-5-14-26/h8-12,15,17-18,20,22,26H,3-7,13-14,16,19H2,1-2H3,(H2,32,33,34). The molecule has 2 aromatic rings. The molecule has 0 aliphatic heterocycles. The van der Waals surface area contributed by atoms with Gasteiger partial charge in [0.25, 0.3) is 0 Å². The molecule has 1 aliphatic carbocycles. The van der Waals surface area contributed by atoms with Gasteiger partial charge in [0.2, 0.25) is 12.2 Å². The number of pyridine rings is 1. The Morgan fingerprint density at radius 2 is 2.03 bits per heavy atom. The Bertz CT molecular complexity index is 1070. The summed E-state index contributed by atoms with van der Waals surface area (Å²) in [7, 11) is 0. The van der Waals surface area contributed by atoms with Crippen LogP contribution in [0.2, 0.25) is 0 Å². The maximum atomic E-state index is 12.3. The van der Waals surface area contributed by atoms with Crippen molar-refractivity contribution < 1.29 is 9.53 Å². The Kier molecular flexibility index (Phi) is 11.0. The lowest BCUT2D eigenvalue weighted by Crippen LogP contribution is -2.33. The van der Waals surface area contributed by atoms with E-state index in [0.29, 0.717) is 24.8 Å². The van der Waals surface area contributed by atoms with Gasteiger partial charge in [0, 0.05) is 36.6 Å². The number of hydrogen-bond donors (Lipinski definition) is 2. The molecule has 0 bridgehead atoms. The molecule has 36 heavy (non-hydrogen) atoms. The Morgan fingerprint density at radius 3 is 2.75 bits per heavy atom. The second kappa shape index (κ2) is 14.7. The molecule has 2 N–H and O–H groups in total. The Morgan fingerprint density at radius 1 is 1.22 bits per heavy atom. The number of allylic oxidation sites excluding steroid dienone is 1. The van der Waals surface area contributed by atoms with Crippen molar-refractivity contribution >= 4 is 23.2 Å². The average molecular weight is 488 g/mol. The number of anilines is 1. The van der Waals surface area contributed by atoms with Gasteiger partial charge in [-0.15, -0.1) is 4.99 Å². The van der Waals surface area contributed by atoms with Crippen LogP contribution >= 0.6 is 0 Å². The largest absolute Gasteiger partial charge is 0.462 e. The molecule has 0 unspecified atom stereocenters. The zero-order valence-electron chi connectivity index (χ0n) is 21.4. The van der Waals surface area contributed by atoms with Crippen LogP contribution in [-0.4, -0.2) is 29.6 Å². The second-order valence-corrected chi connectivity index (χ2v) is 9.54. The van der Waals surface area contributed by atoms with Gasteiger partial charge in [-0.1, -0.05) is 44.5 Å². The van der Waals surface area contributed by atoms with E-state index in [-0.39, 0.29) is 12.1 Å². The van der Waals surface area contributed by atoms with E-state index < -0.39 is 0 Å². The van der Waals surface area contributed by atoms with E-state index in [9.17, 15) is 4.79 Å². The molecule has 0 atom stereocenters. The van der Waals surface area contributed by atoms with Gasteiger partial charge < -0.3 is 15.4 Å². The van der Waals surface area contributed by atoms with E-state index in [1.54, 1.807) is 6.20 Å². The first-order valence-corrected chi connectivity index (χ1v) is 12.9. The minimum absolute atomic E-state index is 0.0948. The highest BCUT2D eigenvalue weighted by Crippen LogP contribution is 2.26. The zero-order valence-corrected chi connectivity index (χ0v) is 21.4. The number of carbonyl (C=O) groups is 1. The molecule has 190 valence electrons. The Balaban J connectivity index is 1.69. The summed E-state index contributed by atoms with van der Waals surface area (Å²) in [5, 5.41) is 15.5. The number of unbranched alkanes of at least 4 members (excludes halogenated alkanes) is 1. The van der Waals surface area contributed by atoms with Crippen molar-refractivity contribution in [1.29, 1.82) is 5.26 Å². The summed E-state index contributed by atoms with van der Waals surface area (Å²) in [4.78, 5) is 20.5. The summed E-state index contributed by atoms with van der Waals surface area (Å²) in [6, 6.07) is 11.9. The highest BCUT2D eigenvalue weighted by Gasteiger charge is 2.17. The first-order chi connectivity index (χ1) is 17.5. The molecule has 1 aromatic carbocycles. The van der Waals surface area contributed by atoms with Gasteiger partial charge in [0.05, 0.1) is 0 Å². The van der Waals surface area contributed by atoms with E-state index in [4.69, 9.17) is 10.00 Å². The third kappa shape index (κ3) is 9.18. The number of nitriles is 1. The van der Waals surface area contributed by atoms with Crippen LogP contribution in [0, 0.1) is 17.4 Å². The van der Waals surface area contributed by atoms with E-state index >= 15 is 0 Å². The number of aliphatic imine (C=N–C) groups is 1. The molecule has 0 saturated heterocycles. The van der Waals surface area contributed by atoms with Crippen molar-refractivity contribution in [2.24, 2.45) is 10.9 Å². The molecule has 1 saturated carbocycles. The van der Waals surface area contributed by atoms with Gasteiger partial charge in [0.1, 0.15) is 6.10 Å². The summed E-state index contributed by atoms with van der Waals surface area (Å²) in [6.45, 7) is 4.90. The number of aromatic nitrogens is 1. The highest BCUT2D eigenvalue weighted by atomic mass is 16.5. The lowest BCUT2D eigenvalue weighted by atomic mass is 9.97. The van der Waals surface area contributed by atoms with Crippen LogP contribution in [0.25, 0.3) is 5.57 Å². The normalized spacial score (nSPS) is 14.8. The molecule has 0 spiro atoms. The topological polar surface area (TPSA) is 99.4 Å². The van der Waals surface area contributed by atoms with Crippen LogP contribution in [0.5, 0.6) is 0 Å². The molecule has 1 heterocycles. The van der Waals surface area contributed by atoms with Crippen molar-refractivity contribution in [3.05, 3.63) is 66.0 Å². The summed E-state index contributed by atoms with van der Waals surface area (Å²) in [6.07, 6.45) is 15.1. The van der Waals surface area contributed by atoms with Gasteiger partial charge >= 0.3 is 5.97 Å². The summed E-state index contributed by atoms with van der Waals surface area (Å²) >= 11 is 0. The van der Waals surface area contributed by atoms with Crippen molar-refractivity contribution in [3.63, 3.8) is 0 Å². The molecule has 3 rings (SSSR count). The van der Waals surface area contributed by atoms with Crippen molar-refractivity contribution in [1.82, 2.24) is 10.3 Å². The highest BCUT2D eigenvalue weighted by molar-refractivity contribution is 5.95. The van der Waals surface area contributed by atoms with E-state index in [2.05, 4.69) is 40.5 Å². The molecule has 7 nitrogen and oxygen atoms in total. The van der Waals surface area contributed by atoms with Gasteiger partial charge in [0.15, 0.2) is 0 Å². The van der Waals surface area contributed by atoms with Gasteiger partial charge in [-0.25, -0.2) is 0 Å². The molecular formula is C29H37N5O2. The zero-order chi connectivity index (χ0) is 25.6. The number of guanidine groups is 1. The maximum Gasteiger partial charge on any atom is 0.306 e. The quantitative estimate of drug-likeness (QED) is 0.139. The fraction of sp³-hybridized carbons (Fsp3) is 0.448. The molecule has 1 aromatic heterocycles. The minimum atomic E-state index is -0.0948. The summed E-state index contributed by atoms with van der Waals surface area (Å²) in [5.74, 6) is 0.747. The van der Waals surface area contributed by atoms with Crippen LogP contribution in [-0.2, 0) is 9.53 Å². The third-order valence-electron chi connectivity index (χ3n) is 6.03. The number of benzene rings is 1. The maximum absolute atomic E-state index is 12.3. The summed E-state index contributed by atoms with van der Waals surface area (Å²) < 4.78 is 5.66. The van der Waals surface area contributed by atoms with Crippen molar-refractivity contribution in [3.8, 4) is 6.19 Å². The van der Waals surface area contributed by atoms with Crippen LogP contribution in [0.3, 0.4) is 0 Å². The predicted molar refractivity (Wildman–Crippen MR) is 144 cm³/mol. The average Bonchev–Trinajstić information content (AvgIpc) is 2.88. The number of esters is 1. The molecule has 0 radical (unpaired) electrons. The smallest absolute Gasteiger partial charge is 0.306 e. The van der Waals surface area contributed by atoms with Crippen molar-refractivity contribution in [2.45, 2.75) is 71.3 Å². The van der Waals surface area contributed by atoms with Crippen LogP contribution in [0.4, 0.5) is 5.69 Å².